The standard InChI is InChI=1S/C18H22N4S/c1-13-6-5-9-20(11-13)12-21-18(23)22-16-8-4-3-7-15(16)14(2)10-17(22)19-21/h3-4,7-8,10,13H,5-6,9,11-12H2,1-2H3. The highest BCUT2D eigenvalue weighted by Gasteiger charge is 2.18. The van der Waals surface area contributed by atoms with Crippen LogP contribution in [0.5, 0.6) is 0 Å². The van der Waals surface area contributed by atoms with Gasteiger partial charge in [-0.3, -0.25) is 9.30 Å². The summed E-state index contributed by atoms with van der Waals surface area (Å²) in [6, 6.07) is 10.5. The molecule has 0 amide bonds. The molecule has 1 unspecified atom stereocenters. The van der Waals surface area contributed by atoms with Crippen LogP contribution in [0.25, 0.3) is 16.6 Å². The van der Waals surface area contributed by atoms with Crippen LogP contribution in [0.4, 0.5) is 0 Å². The summed E-state index contributed by atoms with van der Waals surface area (Å²) in [7, 11) is 0. The van der Waals surface area contributed by atoms with Gasteiger partial charge < -0.3 is 0 Å². The van der Waals surface area contributed by atoms with E-state index >= 15 is 0 Å². The lowest BCUT2D eigenvalue weighted by molar-refractivity contribution is 0.138. The van der Waals surface area contributed by atoms with Gasteiger partial charge in [-0.05, 0) is 62.1 Å². The number of para-hydroxylation sites is 1. The monoisotopic (exact) mass is 326 g/mol. The molecule has 4 nitrogen and oxygen atoms in total. The smallest absolute Gasteiger partial charge is 0.204 e. The highest BCUT2D eigenvalue weighted by atomic mass is 32.1. The molecule has 0 radical (unpaired) electrons. The van der Waals surface area contributed by atoms with Gasteiger partial charge in [0.2, 0.25) is 4.77 Å². The number of piperidine rings is 1. The fourth-order valence-electron chi connectivity index (χ4n) is 3.71. The van der Waals surface area contributed by atoms with Gasteiger partial charge in [0.1, 0.15) is 0 Å². The van der Waals surface area contributed by atoms with Gasteiger partial charge >= 0.3 is 0 Å². The Bertz CT molecular complexity index is 924. The van der Waals surface area contributed by atoms with E-state index in [1.54, 1.807) is 0 Å². The largest absolute Gasteiger partial charge is 0.284 e. The average molecular weight is 326 g/mol. The number of pyridine rings is 1. The molecule has 0 aliphatic carbocycles. The zero-order valence-corrected chi connectivity index (χ0v) is 14.5. The SMILES string of the molecule is Cc1cc2nn(CN3CCCC(C)C3)c(=S)n2c2ccccc12. The minimum atomic E-state index is 0.762. The number of nitrogens with zero attached hydrogens (tertiary/aromatic N) is 4. The molecule has 120 valence electrons. The number of aryl methyl sites for hydroxylation is 1. The number of rotatable bonds is 2. The summed E-state index contributed by atoms with van der Waals surface area (Å²) in [5, 5.41) is 6.01. The molecule has 1 aliphatic rings. The molecule has 5 heteroatoms. The van der Waals surface area contributed by atoms with E-state index in [0.29, 0.717) is 0 Å². The van der Waals surface area contributed by atoms with Gasteiger partial charge in [0, 0.05) is 11.9 Å². The molecule has 0 N–H and O–H groups in total. The number of fused-ring (bicyclic) bond motifs is 3. The summed E-state index contributed by atoms with van der Waals surface area (Å²) in [4.78, 5) is 2.46. The molecule has 2 aromatic heterocycles. The van der Waals surface area contributed by atoms with Crippen LogP contribution in [0.15, 0.2) is 30.3 Å². The van der Waals surface area contributed by atoms with Crippen molar-refractivity contribution in [3.8, 4) is 0 Å². The van der Waals surface area contributed by atoms with Crippen molar-refractivity contribution >= 4 is 28.8 Å². The lowest BCUT2D eigenvalue weighted by atomic mass is 10.0. The van der Waals surface area contributed by atoms with E-state index in [-0.39, 0.29) is 0 Å². The molecular weight excluding hydrogens is 304 g/mol. The predicted octanol–water partition coefficient (Wildman–Crippen LogP) is 4.02. The molecule has 1 fully saturated rings. The summed E-state index contributed by atoms with van der Waals surface area (Å²) in [6.45, 7) is 7.52. The Kier molecular flexibility index (Phi) is 3.70. The zero-order valence-electron chi connectivity index (χ0n) is 13.7. The van der Waals surface area contributed by atoms with Crippen molar-refractivity contribution in [1.29, 1.82) is 0 Å². The van der Waals surface area contributed by atoms with E-state index in [4.69, 9.17) is 17.3 Å². The summed E-state index contributed by atoms with van der Waals surface area (Å²) in [5.41, 5.74) is 3.33. The molecule has 0 saturated carbocycles. The van der Waals surface area contributed by atoms with E-state index in [1.807, 2.05) is 4.68 Å². The lowest BCUT2D eigenvalue weighted by Crippen LogP contribution is -2.36. The van der Waals surface area contributed by atoms with Gasteiger partial charge in [-0.2, -0.15) is 5.10 Å². The first-order chi connectivity index (χ1) is 11.1. The van der Waals surface area contributed by atoms with Gasteiger partial charge in [0.15, 0.2) is 5.65 Å². The molecule has 0 spiro atoms. The van der Waals surface area contributed by atoms with Crippen LogP contribution in [0.3, 0.4) is 0 Å². The van der Waals surface area contributed by atoms with Crippen molar-refractivity contribution in [2.75, 3.05) is 13.1 Å². The summed E-state index contributed by atoms with van der Waals surface area (Å²) >= 11 is 5.73. The third kappa shape index (κ3) is 2.58. The van der Waals surface area contributed by atoms with Crippen molar-refractivity contribution < 1.29 is 0 Å². The van der Waals surface area contributed by atoms with E-state index in [1.165, 1.54) is 23.8 Å². The minimum Gasteiger partial charge on any atom is -0.284 e. The Morgan fingerprint density at radius 3 is 2.96 bits per heavy atom. The van der Waals surface area contributed by atoms with Crippen LogP contribution in [0.1, 0.15) is 25.3 Å². The molecule has 23 heavy (non-hydrogen) atoms. The van der Waals surface area contributed by atoms with Crippen molar-refractivity contribution in [3.05, 3.63) is 40.7 Å². The van der Waals surface area contributed by atoms with Crippen LogP contribution in [0, 0.1) is 17.6 Å². The Labute approximate surface area is 141 Å². The van der Waals surface area contributed by atoms with Gasteiger partial charge in [-0.25, -0.2) is 4.68 Å². The number of benzene rings is 1. The Morgan fingerprint density at radius 1 is 1.30 bits per heavy atom. The highest BCUT2D eigenvalue weighted by Crippen LogP contribution is 2.22. The van der Waals surface area contributed by atoms with Crippen LogP contribution in [-0.2, 0) is 6.67 Å². The summed E-state index contributed by atoms with van der Waals surface area (Å²) in [5.74, 6) is 0.762. The first-order valence-corrected chi connectivity index (χ1v) is 8.74. The van der Waals surface area contributed by atoms with Gasteiger partial charge in [-0.15, -0.1) is 0 Å². The number of likely N-dealkylation sites (tertiary alicyclic amines) is 1. The second-order valence-electron chi connectivity index (χ2n) is 6.79. The maximum absolute atomic E-state index is 5.73. The van der Waals surface area contributed by atoms with E-state index in [0.717, 1.165) is 41.6 Å². The maximum atomic E-state index is 5.73. The lowest BCUT2D eigenvalue weighted by Gasteiger charge is -2.30. The highest BCUT2D eigenvalue weighted by molar-refractivity contribution is 7.71. The Balaban J connectivity index is 1.81. The molecular formula is C18H22N4S. The van der Waals surface area contributed by atoms with E-state index in [9.17, 15) is 0 Å². The van der Waals surface area contributed by atoms with Crippen LogP contribution in [-0.4, -0.2) is 32.2 Å². The molecule has 3 heterocycles. The van der Waals surface area contributed by atoms with Crippen molar-refractivity contribution in [1.82, 2.24) is 19.1 Å². The third-order valence-corrected chi connectivity index (χ3v) is 5.25. The zero-order chi connectivity index (χ0) is 16.0. The first-order valence-electron chi connectivity index (χ1n) is 8.34. The number of hydrogen-bond acceptors (Lipinski definition) is 3. The molecule has 1 saturated heterocycles. The second kappa shape index (κ2) is 5.73. The quantitative estimate of drug-likeness (QED) is 0.665. The van der Waals surface area contributed by atoms with Crippen molar-refractivity contribution in [3.63, 3.8) is 0 Å². The van der Waals surface area contributed by atoms with E-state index in [2.05, 4.69) is 53.5 Å². The molecule has 1 aromatic carbocycles. The first kappa shape index (κ1) is 14.8. The van der Waals surface area contributed by atoms with Gasteiger partial charge in [0.05, 0.1) is 12.2 Å². The van der Waals surface area contributed by atoms with Crippen molar-refractivity contribution in [2.45, 2.75) is 33.4 Å². The van der Waals surface area contributed by atoms with Gasteiger partial charge in [0.25, 0.3) is 0 Å². The predicted molar refractivity (Wildman–Crippen MR) is 96.2 cm³/mol. The second-order valence-corrected chi connectivity index (χ2v) is 7.15. The maximum Gasteiger partial charge on any atom is 0.204 e. The third-order valence-electron chi connectivity index (χ3n) is 4.85. The summed E-state index contributed by atoms with van der Waals surface area (Å²) < 4.78 is 4.87. The molecule has 0 bridgehead atoms. The summed E-state index contributed by atoms with van der Waals surface area (Å²) in [6.07, 6.45) is 2.60. The fourth-order valence-corrected chi connectivity index (χ4v) is 4.01. The average Bonchev–Trinajstić information content (AvgIpc) is 2.84. The molecule has 1 atom stereocenters. The normalized spacial score (nSPS) is 19.7. The van der Waals surface area contributed by atoms with Gasteiger partial charge in [-0.1, -0.05) is 25.1 Å². The van der Waals surface area contributed by atoms with Crippen LogP contribution in [0.2, 0.25) is 0 Å². The fraction of sp³-hybridized carbons (Fsp3) is 0.444. The van der Waals surface area contributed by atoms with Crippen molar-refractivity contribution in [2.24, 2.45) is 5.92 Å². The Hall–Kier alpha value is -1.72. The topological polar surface area (TPSA) is 25.5 Å². The molecule has 1 aliphatic heterocycles. The minimum absolute atomic E-state index is 0.762. The molecule has 3 aromatic rings. The Morgan fingerprint density at radius 2 is 2.13 bits per heavy atom. The number of hydrogen-bond donors (Lipinski definition) is 0. The van der Waals surface area contributed by atoms with Crippen LogP contribution >= 0.6 is 12.2 Å². The van der Waals surface area contributed by atoms with E-state index < -0.39 is 0 Å². The van der Waals surface area contributed by atoms with Crippen LogP contribution < -0.4 is 0 Å². The number of aromatic nitrogens is 3. The molecule has 4 rings (SSSR count).